The van der Waals surface area contributed by atoms with Crippen LogP contribution in [0.3, 0.4) is 0 Å². The van der Waals surface area contributed by atoms with E-state index in [9.17, 15) is 19.5 Å². The molecule has 38 heavy (non-hydrogen) atoms. The number of aliphatic hydroxyl groups is 1. The van der Waals surface area contributed by atoms with Crippen LogP contribution in [0.4, 0.5) is 0 Å². The summed E-state index contributed by atoms with van der Waals surface area (Å²) in [6.07, 6.45) is -0.378. The predicted molar refractivity (Wildman–Crippen MR) is 140 cm³/mol. The summed E-state index contributed by atoms with van der Waals surface area (Å²) in [6, 6.07) is 25.1. The van der Waals surface area contributed by atoms with Gasteiger partial charge in [-0.2, -0.15) is 0 Å². The van der Waals surface area contributed by atoms with Crippen molar-refractivity contribution in [2.45, 2.75) is 45.0 Å². The topological polar surface area (TPSA) is 99.1 Å². The molecule has 0 bridgehead atoms. The molecule has 0 aliphatic heterocycles. The molecule has 0 spiro atoms. The number of ketones is 1. The van der Waals surface area contributed by atoms with Gasteiger partial charge in [-0.3, -0.25) is 14.4 Å². The number of benzene rings is 3. The smallest absolute Gasteiger partial charge is 0.317 e. The van der Waals surface area contributed by atoms with E-state index < -0.39 is 41.1 Å². The van der Waals surface area contributed by atoms with Crippen molar-refractivity contribution >= 4 is 17.7 Å². The summed E-state index contributed by atoms with van der Waals surface area (Å²) in [4.78, 5) is 40.2. The fourth-order valence-corrected chi connectivity index (χ4v) is 5.01. The van der Waals surface area contributed by atoms with Crippen LogP contribution in [0.25, 0.3) is 0 Å². The van der Waals surface area contributed by atoms with E-state index >= 15 is 0 Å². The lowest BCUT2D eigenvalue weighted by Gasteiger charge is -2.43. The Hall–Kier alpha value is -3.97. The molecule has 0 saturated heterocycles. The number of ether oxygens (including phenoxy) is 3. The lowest BCUT2D eigenvalue weighted by atomic mass is 9.61. The summed E-state index contributed by atoms with van der Waals surface area (Å²) < 4.78 is 16.7. The molecule has 1 aliphatic rings. The Morgan fingerprint density at radius 2 is 1.37 bits per heavy atom. The quantitative estimate of drug-likeness (QED) is 0.327. The normalized spacial score (nSPS) is 22.9. The highest BCUT2D eigenvalue weighted by molar-refractivity contribution is 6.02. The van der Waals surface area contributed by atoms with Crippen LogP contribution >= 0.6 is 0 Å². The third-order valence-corrected chi connectivity index (χ3v) is 6.80. The van der Waals surface area contributed by atoms with E-state index in [1.54, 1.807) is 24.3 Å². The molecule has 4 atom stereocenters. The van der Waals surface area contributed by atoms with Gasteiger partial charge < -0.3 is 19.3 Å². The van der Waals surface area contributed by atoms with Gasteiger partial charge in [-0.1, -0.05) is 72.8 Å². The van der Waals surface area contributed by atoms with Crippen LogP contribution in [0.2, 0.25) is 0 Å². The van der Waals surface area contributed by atoms with Gasteiger partial charge in [0.1, 0.15) is 24.9 Å². The van der Waals surface area contributed by atoms with Gasteiger partial charge in [-0.25, -0.2) is 0 Å². The molecule has 1 saturated carbocycles. The molecule has 0 unspecified atom stereocenters. The van der Waals surface area contributed by atoms with Gasteiger partial charge in [0.25, 0.3) is 0 Å². The molecular weight excluding hydrogens is 484 g/mol. The van der Waals surface area contributed by atoms with Gasteiger partial charge in [-0.05, 0) is 42.7 Å². The van der Waals surface area contributed by atoms with Crippen LogP contribution in [0.15, 0.2) is 84.9 Å². The van der Waals surface area contributed by atoms with E-state index in [4.69, 9.17) is 14.2 Å². The van der Waals surface area contributed by atoms with Crippen LogP contribution in [0.5, 0.6) is 5.75 Å². The molecule has 0 heterocycles. The maximum atomic E-state index is 13.5. The van der Waals surface area contributed by atoms with Crippen molar-refractivity contribution in [3.05, 3.63) is 102 Å². The van der Waals surface area contributed by atoms with E-state index in [-0.39, 0.29) is 19.6 Å². The second-order valence-electron chi connectivity index (χ2n) is 9.67. The second-order valence-corrected chi connectivity index (χ2v) is 9.67. The molecule has 198 valence electrons. The first kappa shape index (κ1) is 27.1. The summed E-state index contributed by atoms with van der Waals surface area (Å²) in [5.41, 5.74) is 0.353. The van der Waals surface area contributed by atoms with Crippen LogP contribution in [0, 0.1) is 11.8 Å². The highest BCUT2D eigenvalue weighted by Gasteiger charge is 2.57. The van der Waals surface area contributed by atoms with Crippen molar-refractivity contribution in [3.63, 3.8) is 0 Å². The first-order chi connectivity index (χ1) is 18.3. The minimum Gasteiger partial charge on any atom is -0.494 e. The number of carbonyl (C=O) groups is 3. The minimum absolute atomic E-state index is 0.000677. The van der Waals surface area contributed by atoms with Crippen molar-refractivity contribution < 1.29 is 33.7 Å². The van der Waals surface area contributed by atoms with Crippen LogP contribution < -0.4 is 4.74 Å². The maximum absolute atomic E-state index is 13.5. The molecule has 7 nitrogen and oxygen atoms in total. The molecule has 7 heteroatoms. The Labute approximate surface area is 222 Å². The number of carbonyl (C=O) groups excluding carboxylic acids is 3. The largest absolute Gasteiger partial charge is 0.494 e. The van der Waals surface area contributed by atoms with Crippen molar-refractivity contribution in [3.8, 4) is 5.75 Å². The Morgan fingerprint density at radius 1 is 0.842 bits per heavy atom. The zero-order chi connectivity index (χ0) is 27.1. The third-order valence-electron chi connectivity index (χ3n) is 6.80. The third kappa shape index (κ3) is 6.29. The summed E-state index contributed by atoms with van der Waals surface area (Å²) in [7, 11) is 0. The van der Waals surface area contributed by atoms with Gasteiger partial charge in [0, 0.05) is 12.3 Å². The fourth-order valence-electron chi connectivity index (χ4n) is 5.01. The highest BCUT2D eigenvalue weighted by atomic mass is 16.5. The summed E-state index contributed by atoms with van der Waals surface area (Å²) in [5, 5.41) is 11.4. The molecule has 0 aromatic heterocycles. The van der Waals surface area contributed by atoms with E-state index in [1.165, 1.54) is 6.92 Å². The monoisotopic (exact) mass is 516 g/mol. The predicted octanol–water partition coefficient (Wildman–Crippen LogP) is 4.61. The minimum atomic E-state index is -1.73. The number of hydrogen-bond acceptors (Lipinski definition) is 7. The Bertz CT molecular complexity index is 1240. The van der Waals surface area contributed by atoms with Crippen LogP contribution in [-0.4, -0.2) is 35.0 Å². The number of hydrogen-bond donors (Lipinski definition) is 1. The van der Waals surface area contributed by atoms with E-state index in [0.717, 1.165) is 11.1 Å². The highest BCUT2D eigenvalue weighted by Crippen LogP contribution is 2.47. The van der Waals surface area contributed by atoms with E-state index in [2.05, 4.69) is 0 Å². The number of Topliss-reactive ketones (excluding diaryl/α,β-unsaturated/α-hetero) is 1. The average Bonchev–Trinajstić information content (AvgIpc) is 2.91. The summed E-state index contributed by atoms with van der Waals surface area (Å²) in [5.74, 6) is -4.77. The van der Waals surface area contributed by atoms with Crippen molar-refractivity contribution in [2.24, 2.45) is 11.8 Å². The number of esters is 2. The first-order valence-electron chi connectivity index (χ1n) is 12.7. The zero-order valence-electron chi connectivity index (χ0n) is 21.5. The molecule has 0 amide bonds. The van der Waals surface area contributed by atoms with Crippen LogP contribution in [0.1, 0.15) is 42.9 Å². The van der Waals surface area contributed by atoms with Crippen molar-refractivity contribution in [1.29, 1.82) is 0 Å². The van der Waals surface area contributed by atoms with Crippen LogP contribution in [-0.2, 0) is 37.1 Å². The van der Waals surface area contributed by atoms with Gasteiger partial charge in [0.2, 0.25) is 0 Å². The molecule has 1 N–H and O–H groups in total. The Morgan fingerprint density at radius 3 is 1.89 bits per heavy atom. The standard InChI is InChI=1S/C31H32O7/c1-3-36-24-16-14-23(15-17-24)26-27(29(33)37-19-21-10-6-4-7-11-21)25(32)18-31(2,35)28(26)30(34)38-20-22-12-8-5-9-13-22/h4-17,26-28,35H,3,18-20H2,1-2H3/t26-,27-,28+,31+/m1/s1. The Balaban J connectivity index is 1.67. The van der Waals surface area contributed by atoms with E-state index in [0.29, 0.717) is 17.9 Å². The lowest BCUT2D eigenvalue weighted by molar-refractivity contribution is -0.174. The second kappa shape index (κ2) is 12.0. The maximum Gasteiger partial charge on any atom is 0.317 e. The molecule has 4 rings (SSSR count). The van der Waals surface area contributed by atoms with Gasteiger partial charge >= 0.3 is 11.9 Å². The van der Waals surface area contributed by atoms with Gasteiger partial charge in [0.15, 0.2) is 5.78 Å². The molecule has 1 aliphatic carbocycles. The zero-order valence-corrected chi connectivity index (χ0v) is 21.5. The van der Waals surface area contributed by atoms with Crippen molar-refractivity contribution in [1.82, 2.24) is 0 Å². The van der Waals surface area contributed by atoms with Gasteiger partial charge in [-0.15, -0.1) is 0 Å². The summed E-state index contributed by atoms with van der Waals surface area (Å²) >= 11 is 0. The molecule has 3 aromatic carbocycles. The average molecular weight is 517 g/mol. The Kier molecular flexibility index (Phi) is 8.59. The molecule has 3 aromatic rings. The molecule has 1 fully saturated rings. The summed E-state index contributed by atoms with van der Waals surface area (Å²) in [6.45, 7) is 3.76. The molecule has 0 radical (unpaired) electrons. The van der Waals surface area contributed by atoms with Gasteiger partial charge in [0.05, 0.1) is 18.1 Å². The van der Waals surface area contributed by atoms with E-state index in [1.807, 2.05) is 67.6 Å². The van der Waals surface area contributed by atoms with Crippen molar-refractivity contribution in [2.75, 3.05) is 6.61 Å². The number of rotatable bonds is 9. The SMILES string of the molecule is CCOc1ccc([C@@H]2[C@H](C(=O)OCc3ccccc3)C(=O)C[C@](C)(O)[C@@H]2C(=O)OCc2ccccc2)cc1. The molecular formula is C31H32O7. The first-order valence-corrected chi connectivity index (χ1v) is 12.7. The lowest BCUT2D eigenvalue weighted by Crippen LogP contribution is -2.55. The fraction of sp³-hybridized carbons (Fsp3) is 0.323.